The molecular weight excluding hydrogens is 272 g/mol. The van der Waals surface area contributed by atoms with Crippen molar-refractivity contribution in [1.29, 1.82) is 0 Å². The lowest BCUT2D eigenvalue weighted by Crippen LogP contribution is -2.04. The highest BCUT2D eigenvalue weighted by Gasteiger charge is 2.05. The Labute approximate surface area is 130 Å². The van der Waals surface area contributed by atoms with Gasteiger partial charge in [0.25, 0.3) is 0 Å². The third-order valence-corrected chi connectivity index (χ3v) is 3.32. The number of nitrogens with one attached hydrogen (secondary N) is 1. The van der Waals surface area contributed by atoms with Gasteiger partial charge in [0.2, 0.25) is 0 Å². The molecule has 0 atom stereocenters. The third-order valence-electron chi connectivity index (χ3n) is 3.32. The molecule has 3 N–H and O–H groups in total. The fourth-order valence-corrected chi connectivity index (χ4v) is 2.25. The highest BCUT2D eigenvalue weighted by Crippen LogP contribution is 2.20. The van der Waals surface area contributed by atoms with Crippen LogP contribution in [-0.4, -0.2) is 9.97 Å². The molecule has 0 amide bonds. The molecule has 0 unspecified atom stereocenters. The minimum absolute atomic E-state index is 0.683. The van der Waals surface area contributed by atoms with E-state index in [4.69, 9.17) is 5.73 Å². The van der Waals surface area contributed by atoms with Crippen LogP contribution in [0.2, 0.25) is 0 Å². The van der Waals surface area contributed by atoms with Crippen LogP contribution in [0.3, 0.4) is 0 Å². The second kappa shape index (κ2) is 6.26. The van der Waals surface area contributed by atoms with E-state index in [9.17, 15) is 0 Å². The van der Waals surface area contributed by atoms with E-state index in [1.54, 1.807) is 0 Å². The molecule has 22 heavy (non-hydrogen) atoms. The van der Waals surface area contributed by atoms with Crippen LogP contribution in [0.25, 0.3) is 11.4 Å². The van der Waals surface area contributed by atoms with E-state index < -0.39 is 0 Å². The van der Waals surface area contributed by atoms with Gasteiger partial charge in [-0.15, -0.1) is 0 Å². The molecule has 0 spiro atoms. The maximum atomic E-state index is 5.84. The Bertz CT molecular complexity index is 769. The van der Waals surface area contributed by atoms with Gasteiger partial charge >= 0.3 is 0 Å². The van der Waals surface area contributed by atoms with Crippen molar-refractivity contribution in [3.63, 3.8) is 0 Å². The van der Waals surface area contributed by atoms with Crippen LogP contribution in [0.5, 0.6) is 0 Å². The number of aryl methyl sites for hydroxylation is 1. The van der Waals surface area contributed by atoms with Crippen molar-refractivity contribution < 1.29 is 0 Å². The number of anilines is 2. The molecule has 4 heteroatoms. The second-order valence-corrected chi connectivity index (χ2v) is 5.18. The summed E-state index contributed by atoms with van der Waals surface area (Å²) < 4.78 is 0. The molecule has 0 aliphatic heterocycles. The van der Waals surface area contributed by atoms with E-state index in [-0.39, 0.29) is 0 Å². The molecule has 3 aromatic rings. The van der Waals surface area contributed by atoms with Crippen molar-refractivity contribution in [3.8, 4) is 11.4 Å². The Morgan fingerprint density at radius 1 is 0.955 bits per heavy atom. The van der Waals surface area contributed by atoms with E-state index in [0.29, 0.717) is 11.5 Å². The zero-order valence-corrected chi connectivity index (χ0v) is 12.5. The number of hydrogen-bond acceptors (Lipinski definition) is 4. The van der Waals surface area contributed by atoms with Gasteiger partial charge in [-0.2, -0.15) is 0 Å². The fourth-order valence-electron chi connectivity index (χ4n) is 2.25. The maximum absolute atomic E-state index is 5.84. The molecule has 1 aromatic heterocycles. The van der Waals surface area contributed by atoms with Gasteiger partial charge in [0, 0.05) is 29.6 Å². The highest BCUT2D eigenvalue weighted by molar-refractivity contribution is 5.62. The normalized spacial score (nSPS) is 10.4. The molecular formula is C18H18N4. The van der Waals surface area contributed by atoms with Crippen LogP contribution in [-0.2, 0) is 6.54 Å². The first-order valence-electron chi connectivity index (χ1n) is 7.20. The van der Waals surface area contributed by atoms with E-state index in [1.165, 1.54) is 5.56 Å². The lowest BCUT2D eigenvalue weighted by atomic mass is 10.2. The van der Waals surface area contributed by atoms with E-state index in [0.717, 1.165) is 23.6 Å². The first kappa shape index (κ1) is 14.1. The van der Waals surface area contributed by atoms with Crippen LogP contribution >= 0.6 is 0 Å². The van der Waals surface area contributed by atoms with Crippen LogP contribution in [0.15, 0.2) is 60.7 Å². The number of nitrogens with two attached hydrogens (primary N) is 1. The Morgan fingerprint density at radius 2 is 1.77 bits per heavy atom. The molecule has 2 aromatic carbocycles. The fraction of sp³-hybridized carbons (Fsp3) is 0.111. The summed E-state index contributed by atoms with van der Waals surface area (Å²) in [6.45, 7) is 2.69. The van der Waals surface area contributed by atoms with Crippen LogP contribution < -0.4 is 11.1 Å². The number of rotatable bonds is 4. The second-order valence-electron chi connectivity index (χ2n) is 5.18. The lowest BCUT2D eigenvalue weighted by molar-refractivity contribution is 1.06. The maximum Gasteiger partial charge on any atom is 0.161 e. The first-order valence-corrected chi connectivity index (χ1v) is 7.20. The van der Waals surface area contributed by atoms with Crippen LogP contribution in [0, 0.1) is 6.92 Å². The number of nitrogens with zero attached hydrogens (tertiary/aromatic N) is 2. The molecule has 0 aliphatic rings. The SMILES string of the molecule is Cc1cc(NCc2ccccc2)nc(-c2cccc(N)c2)n1. The number of hydrogen-bond donors (Lipinski definition) is 2. The predicted octanol–water partition coefficient (Wildman–Crippen LogP) is 3.65. The van der Waals surface area contributed by atoms with Crippen molar-refractivity contribution in [2.24, 2.45) is 0 Å². The molecule has 3 rings (SSSR count). The largest absolute Gasteiger partial charge is 0.399 e. The van der Waals surface area contributed by atoms with Gasteiger partial charge in [-0.25, -0.2) is 9.97 Å². The van der Waals surface area contributed by atoms with Gasteiger partial charge in [-0.05, 0) is 24.6 Å². The van der Waals surface area contributed by atoms with Crippen molar-refractivity contribution in [3.05, 3.63) is 71.9 Å². The van der Waals surface area contributed by atoms with Crippen molar-refractivity contribution >= 4 is 11.5 Å². The van der Waals surface area contributed by atoms with Gasteiger partial charge in [0.05, 0.1) is 0 Å². The topological polar surface area (TPSA) is 63.8 Å². The highest BCUT2D eigenvalue weighted by atomic mass is 15.0. The summed E-state index contributed by atoms with van der Waals surface area (Å²) in [4.78, 5) is 9.08. The monoisotopic (exact) mass is 290 g/mol. The van der Waals surface area contributed by atoms with E-state index >= 15 is 0 Å². The molecule has 0 saturated carbocycles. The van der Waals surface area contributed by atoms with E-state index in [1.807, 2.05) is 55.5 Å². The summed E-state index contributed by atoms with van der Waals surface area (Å²) in [6.07, 6.45) is 0. The van der Waals surface area contributed by atoms with Crippen LogP contribution in [0.1, 0.15) is 11.3 Å². The van der Waals surface area contributed by atoms with Crippen molar-refractivity contribution in [2.75, 3.05) is 11.1 Å². The molecule has 110 valence electrons. The van der Waals surface area contributed by atoms with Gasteiger partial charge < -0.3 is 11.1 Å². The summed E-state index contributed by atoms with van der Waals surface area (Å²) in [5.74, 6) is 1.50. The predicted molar refractivity (Wildman–Crippen MR) is 90.4 cm³/mol. The Morgan fingerprint density at radius 3 is 2.55 bits per heavy atom. The van der Waals surface area contributed by atoms with E-state index in [2.05, 4.69) is 27.4 Å². The minimum atomic E-state index is 0.683. The zero-order chi connectivity index (χ0) is 15.4. The quantitative estimate of drug-likeness (QED) is 0.720. The number of aromatic nitrogens is 2. The minimum Gasteiger partial charge on any atom is -0.399 e. The molecule has 0 bridgehead atoms. The van der Waals surface area contributed by atoms with Gasteiger partial charge in [-0.3, -0.25) is 0 Å². The Balaban J connectivity index is 1.84. The molecule has 0 fully saturated rings. The standard InChI is InChI=1S/C18H18N4/c1-13-10-17(20-12-14-6-3-2-4-7-14)22-18(21-13)15-8-5-9-16(19)11-15/h2-11H,12,19H2,1H3,(H,20,21,22). The molecule has 4 nitrogen and oxygen atoms in total. The molecule has 0 aliphatic carbocycles. The summed E-state index contributed by atoms with van der Waals surface area (Å²) in [7, 11) is 0. The average molecular weight is 290 g/mol. The first-order chi connectivity index (χ1) is 10.7. The molecule has 0 radical (unpaired) electrons. The van der Waals surface area contributed by atoms with Gasteiger partial charge in [0.1, 0.15) is 5.82 Å². The molecule has 0 saturated heterocycles. The van der Waals surface area contributed by atoms with Gasteiger partial charge in [-0.1, -0.05) is 42.5 Å². The Kier molecular flexibility index (Phi) is 4.01. The lowest BCUT2D eigenvalue weighted by Gasteiger charge is -2.09. The zero-order valence-electron chi connectivity index (χ0n) is 12.5. The summed E-state index contributed by atoms with van der Waals surface area (Å²) in [6, 6.07) is 19.8. The van der Waals surface area contributed by atoms with Crippen molar-refractivity contribution in [1.82, 2.24) is 9.97 Å². The van der Waals surface area contributed by atoms with Gasteiger partial charge in [0.15, 0.2) is 5.82 Å². The third kappa shape index (κ3) is 3.41. The molecule has 1 heterocycles. The average Bonchev–Trinajstić information content (AvgIpc) is 2.53. The number of benzene rings is 2. The summed E-state index contributed by atoms with van der Waals surface area (Å²) >= 11 is 0. The Hall–Kier alpha value is -2.88. The van der Waals surface area contributed by atoms with Crippen molar-refractivity contribution in [2.45, 2.75) is 13.5 Å². The number of nitrogen functional groups attached to an aromatic ring is 1. The smallest absolute Gasteiger partial charge is 0.161 e. The summed E-state index contributed by atoms with van der Waals surface area (Å²) in [5, 5.41) is 3.34. The van der Waals surface area contributed by atoms with Crippen LogP contribution in [0.4, 0.5) is 11.5 Å². The summed E-state index contributed by atoms with van der Waals surface area (Å²) in [5.41, 5.74) is 9.60.